The summed E-state index contributed by atoms with van der Waals surface area (Å²) in [6, 6.07) is 6.98. The molecule has 2 aliphatic heterocycles. The maximum absolute atomic E-state index is 12.5. The molecule has 6 nitrogen and oxygen atoms in total. The van der Waals surface area contributed by atoms with Crippen LogP contribution in [0.25, 0.3) is 0 Å². The minimum absolute atomic E-state index is 0.103. The topological polar surface area (TPSA) is 67.7 Å². The van der Waals surface area contributed by atoms with E-state index >= 15 is 0 Å². The van der Waals surface area contributed by atoms with Crippen molar-refractivity contribution in [3.8, 4) is 0 Å². The standard InChI is InChI=1S/C16H20BrN3O3/c17-12-1-3-13(4-2-12)20-15(21)11-14(16(20)22)18-5-6-19-7-9-23-10-8-19/h1-4,14,18H,5-11H2/p+2/t14-/m1/s1. The van der Waals surface area contributed by atoms with Gasteiger partial charge >= 0.3 is 0 Å². The Morgan fingerprint density at radius 1 is 1.22 bits per heavy atom. The molecule has 7 heteroatoms. The molecule has 2 saturated heterocycles. The van der Waals surface area contributed by atoms with E-state index in [2.05, 4.69) is 15.9 Å². The Hall–Kier alpha value is -1.28. The number of benzene rings is 1. The maximum Gasteiger partial charge on any atom is 0.292 e. The molecule has 2 amide bonds. The fourth-order valence-corrected chi connectivity index (χ4v) is 3.36. The number of imide groups is 1. The molecule has 0 aliphatic carbocycles. The molecule has 124 valence electrons. The van der Waals surface area contributed by atoms with Crippen LogP contribution >= 0.6 is 15.9 Å². The van der Waals surface area contributed by atoms with E-state index in [-0.39, 0.29) is 24.3 Å². The summed E-state index contributed by atoms with van der Waals surface area (Å²) in [6.45, 7) is 5.53. The van der Waals surface area contributed by atoms with E-state index in [9.17, 15) is 9.59 Å². The monoisotopic (exact) mass is 383 g/mol. The van der Waals surface area contributed by atoms with Crippen molar-refractivity contribution in [2.24, 2.45) is 0 Å². The Morgan fingerprint density at radius 3 is 2.61 bits per heavy atom. The molecular weight excluding hydrogens is 362 g/mol. The van der Waals surface area contributed by atoms with Gasteiger partial charge in [0.25, 0.3) is 5.91 Å². The van der Waals surface area contributed by atoms with Crippen LogP contribution in [-0.4, -0.2) is 57.2 Å². The molecule has 0 saturated carbocycles. The summed E-state index contributed by atoms with van der Waals surface area (Å²) in [4.78, 5) is 27.5. The number of morpholine rings is 1. The third-order valence-corrected chi connectivity index (χ3v) is 4.94. The predicted molar refractivity (Wildman–Crippen MR) is 88.2 cm³/mol. The number of halogens is 1. The number of quaternary nitrogens is 2. The lowest BCUT2D eigenvalue weighted by Gasteiger charge is -2.23. The molecule has 1 aromatic carbocycles. The van der Waals surface area contributed by atoms with Gasteiger partial charge in [-0.1, -0.05) is 15.9 Å². The Bertz CT molecular complexity index is 572. The fraction of sp³-hybridized carbons (Fsp3) is 0.500. The molecule has 2 heterocycles. The van der Waals surface area contributed by atoms with Crippen molar-refractivity contribution >= 4 is 33.4 Å². The number of carbonyl (C=O) groups is 2. The summed E-state index contributed by atoms with van der Waals surface area (Å²) in [7, 11) is 0. The lowest BCUT2D eigenvalue weighted by atomic mass is 10.2. The quantitative estimate of drug-likeness (QED) is 0.612. The van der Waals surface area contributed by atoms with Gasteiger partial charge in [-0.3, -0.25) is 9.59 Å². The number of anilines is 1. The van der Waals surface area contributed by atoms with E-state index < -0.39 is 0 Å². The molecule has 0 aromatic heterocycles. The second-order valence-corrected chi connectivity index (χ2v) is 6.91. The first kappa shape index (κ1) is 16.6. The number of rotatable bonds is 5. The number of nitrogens with two attached hydrogens (primary N) is 1. The summed E-state index contributed by atoms with van der Waals surface area (Å²) in [5.74, 6) is -0.216. The molecule has 1 atom stereocenters. The highest BCUT2D eigenvalue weighted by Crippen LogP contribution is 2.23. The third kappa shape index (κ3) is 3.98. The van der Waals surface area contributed by atoms with Gasteiger partial charge in [-0.25, -0.2) is 4.90 Å². The summed E-state index contributed by atoms with van der Waals surface area (Å²) in [5.41, 5.74) is 0.651. The highest BCUT2D eigenvalue weighted by Gasteiger charge is 2.42. The molecule has 0 spiro atoms. The van der Waals surface area contributed by atoms with Crippen LogP contribution in [0.1, 0.15) is 6.42 Å². The molecule has 23 heavy (non-hydrogen) atoms. The molecule has 0 bridgehead atoms. The largest absolute Gasteiger partial charge is 0.370 e. The van der Waals surface area contributed by atoms with Gasteiger partial charge in [0, 0.05) is 4.47 Å². The van der Waals surface area contributed by atoms with E-state index in [1.165, 1.54) is 9.80 Å². The Labute approximate surface area is 143 Å². The van der Waals surface area contributed by atoms with E-state index in [4.69, 9.17) is 4.74 Å². The van der Waals surface area contributed by atoms with Gasteiger partial charge in [-0.15, -0.1) is 0 Å². The maximum atomic E-state index is 12.5. The number of amides is 2. The van der Waals surface area contributed by atoms with Crippen LogP contribution in [0.5, 0.6) is 0 Å². The van der Waals surface area contributed by atoms with Crippen molar-refractivity contribution in [2.45, 2.75) is 12.5 Å². The molecule has 2 fully saturated rings. The highest BCUT2D eigenvalue weighted by atomic mass is 79.9. The second kappa shape index (κ2) is 7.53. The highest BCUT2D eigenvalue weighted by molar-refractivity contribution is 9.10. The normalized spacial score (nSPS) is 22.8. The van der Waals surface area contributed by atoms with Gasteiger partial charge in [0.2, 0.25) is 5.91 Å². The van der Waals surface area contributed by atoms with Crippen molar-refractivity contribution < 1.29 is 24.5 Å². The van der Waals surface area contributed by atoms with Crippen LogP contribution in [0, 0.1) is 0 Å². The molecule has 2 aliphatic rings. The van der Waals surface area contributed by atoms with Gasteiger partial charge < -0.3 is 15.0 Å². The van der Waals surface area contributed by atoms with Gasteiger partial charge in [-0.2, -0.15) is 0 Å². The van der Waals surface area contributed by atoms with E-state index in [0.29, 0.717) is 5.69 Å². The average molecular weight is 384 g/mol. The van der Waals surface area contributed by atoms with Crippen LogP contribution in [-0.2, 0) is 14.3 Å². The smallest absolute Gasteiger partial charge is 0.292 e. The summed E-state index contributed by atoms with van der Waals surface area (Å²) < 4.78 is 6.27. The van der Waals surface area contributed by atoms with E-state index in [1.807, 2.05) is 17.4 Å². The number of nitrogens with zero attached hydrogens (tertiary/aromatic N) is 1. The Kier molecular flexibility index (Phi) is 5.42. The van der Waals surface area contributed by atoms with Crippen molar-refractivity contribution in [3.63, 3.8) is 0 Å². The van der Waals surface area contributed by atoms with E-state index in [1.54, 1.807) is 12.1 Å². The zero-order chi connectivity index (χ0) is 16.2. The molecule has 0 radical (unpaired) electrons. The van der Waals surface area contributed by atoms with Crippen molar-refractivity contribution in [3.05, 3.63) is 28.7 Å². The number of nitrogens with one attached hydrogen (secondary N) is 1. The SMILES string of the molecule is O=C1C[C@@H]([NH2+]CC[NH+]2CCOCC2)C(=O)N1c1ccc(Br)cc1. The first-order valence-electron chi connectivity index (χ1n) is 8.02. The third-order valence-electron chi connectivity index (χ3n) is 4.42. The Balaban J connectivity index is 1.54. The second-order valence-electron chi connectivity index (χ2n) is 5.99. The minimum atomic E-state index is -0.286. The van der Waals surface area contributed by atoms with Crippen LogP contribution in [0.4, 0.5) is 5.69 Å². The van der Waals surface area contributed by atoms with Gasteiger partial charge in [0.15, 0.2) is 6.04 Å². The van der Waals surface area contributed by atoms with Gasteiger partial charge in [0.1, 0.15) is 26.2 Å². The molecule has 3 rings (SSSR count). The zero-order valence-corrected chi connectivity index (χ0v) is 14.5. The number of carbonyl (C=O) groups excluding carboxylic acids is 2. The fourth-order valence-electron chi connectivity index (χ4n) is 3.10. The van der Waals surface area contributed by atoms with Gasteiger partial charge in [-0.05, 0) is 24.3 Å². The molecule has 0 unspecified atom stereocenters. The zero-order valence-electron chi connectivity index (χ0n) is 13.0. The van der Waals surface area contributed by atoms with Crippen molar-refractivity contribution in [2.75, 3.05) is 44.3 Å². The van der Waals surface area contributed by atoms with Crippen molar-refractivity contribution in [1.82, 2.24) is 0 Å². The lowest BCUT2D eigenvalue weighted by molar-refractivity contribution is -0.920. The number of ether oxygens (including phenoxy) is 1. The van der Waals surface area contributed by atoms with Crippen LogP contribution < -0.4 is 15.1 Å². The number of hydrogen-bond acceptors (Lipinski definition) is 3. The van der Waals surface area contributed by atoms with Crippen LogP contribution in [0.2, 0.25) is 0 Å². The molecular formula is C16H22BrN3O3+2. The summed E-state index contributed by atoms with van der Waals surface area (Å²) in [5, 5.41) is 2.02. The van der Waals surface area contributed by atoms with Crippen LogP contribution in [0.3, 0.4) is 0 Å². The first-order chi connectivity index (χ1) is 11.1. The lowest BCUT2D eigenvalue weighted by Crippen LogP contribution is -3.16. The first-order valence-corrected chi connectivity index (χ1v) is 8.81. The van der Waals surface area contributed by atoms with Crippen molar-refractivity contribution in [1.29, 1.82) is 0 Å². The number of hydrogen-bond donors (Lipinski definition) is 2. The summed E-state index contributed by atoms with van der Waals surface area (Å²) >= 11 is 3.36. The average Bonchev–Trinajstić information content (AvgIpc) is 2.84. The van der Waals surface area contributed by atoms with E-state index in [0.717, 1.165) is 43.9 Å². The molecule has 1 aromatic rings. The predicted octanol–water partition coefficient (Wildman–Crippen LogP) is -1.44. The minimum Gasteiger partial charge on any atom is -0.370 e. The molecule has 3 N–H and O–H groups in total. The Morgan fingerprint density at radius 2 is 1.91 bits per heavy atom. The van der Waals surface area contributed by atoms with Gasteiger partial charge in [0.05, 0.1) is 25.3 Å². The summed E-state index contributed by atoms with van der Waals surface area (Å²) in [6.07, 6.45) is 0.285. The van der Waals surface area contributed by atoms with Crippen LogP contribution in [0.15, 0.2) is 28.7 Å².